The zero-order valence-corrected chi connectivity index (χ0v) is 18.0. The molecule has 0 saturated carbocycles. The van der Waals surface area contributed by atoms with Gasteiger partial charge in [-0.1, -0.05) is 49.0 Å². The average molecular weight is 427 g/mol. The van der Waals surface area contributed by atoms with E-state index in [2.05, 4.69) is 39.5 Å². The maximum atomic E-state index is 13.2. The Morgan fingerprint density at radius 3 is 2.70 bits per heavy atom. The van der Waals surface area contributed by atoms with Crippen molar-refractivity contribution in [2.75, 3.05) is 0 Å². The predicted octanol–water partition coefficient (Wildman–Crippen LogP) is 2.33. The standard InChI is InChI=1S/C19H22N8O2S/c1-12(2)10-16-20-15(22-29-16)11-30-19-21-23-24-26(19)17-13(3)25(4)27(18(17)28)14-8-6-5-7-9-14/h5-9,12H,10-11H2,1-4H3. The number of hydrogen-bond acceptors (Lipinski definition) is 8. The van der Waals surface area contributed by atoms with Crippen molar-refractivity contribution >= 4 is 11.8 Å². The van der Waals surface area contributed by atoms with E-state index in [1.165, 1.54) is 16.4 Å². The molecule has 0 radical (unpaired) electrons. The minimum Gasteiger partial charge on any atom is -0.339 e. The summed E-state index contributed by atoms with van der Waals surface area (Å²) in [5.74, 6) is 2.05. The molecule has 0 aliphatic rings. The van der Waals surface area contributed by atoms with Crippen LogP contribution < -0.4 is 5.56 Å². The van der Waals surface area contributed by atoms with Gasteiger partial charge in [-0.05, 0) is 35.4 Å². The van der Waals surface area contributed by atoms with Gasteiger partial charge in [-0.2, -0.15) is 9.67 Å². The van der Waals surface area contributed by atoms with Gasteiger partial charge in [0.1, 0.15) is 0 Å². The van der Waals surface area contributed by atoms with Gasteiger partial charge in [0, 0.05) is 13.5 Å². The third kappa shape index (κ3) is 3.80. The zero-order chi connectivity index (χ0) is 21.3. The summed E-state index contributed by atoms with van der Waals surface area (Å²) in [6.45, 7) is 6.05. The van der Waals surface area contributed by atoms with E-state index in [-0.39, 0.29) is 5.56 Å². The van der Waals surface area contributed by atoms with Crippen molar-refractivity contribution < 1.29 is 4.52 Å². The Bertz CT molecular complexity index is 1210. The molecule has 3 aromatic heterocycles. The molecule has 4 rings (SSSR count). The lowest BCUT2D eigenvalue weighted by Crippen LogP contribution is -2.22. The Kier molecular flexibility index (Phi) is 5.53. The smallest absolute Gasteiger partial charge is 0.297 e. The Balaban J connectivity index is 1.62. The molecule has 1 aromatic carbocycles. The fourth-order valence-corrected chi connectivity index (χ4v) is 3.84. The zero-order valence-electron chi connectivity index (χ0n) is 17.2. The van der Waals surface area contributed by atoms with E-state index in [9.17, 15) is 4.79 Å². The topological polar surface area (TPSA) is 109 Å². The lowest BCUT2D eigenvalue weighted by Gasteiger charge is -2.07. The average Bonchev–Trinajstić information content (AvgIpc) is 3.40. The van der Waals surface area contributed by atoms with Crippen LogP contribution in [-0.4, -0.2) is 39.7 Å². The highest BCUT2D eigenvalue weighted by Crippen LogP contribution is 2.22. The molecule has 30 heavy (non-hydrogen) atoms. The molecule has 3 heterocycles. The van der Waals surface area contributed by atoms with Crippen molar-refractivity contribution in [3.63, 3.8) is 0 Å². The maximum Gasteiger partial charge on any atom is 0.297 e. The van der Waals surface area contributed by atoms with Gasteiger partial charge >= 0.3 is 0 Å². The van der Waals surface area contributed by atoms with Crippen LogP contribution in [0.15, 0.2) is 44.8 Å². The van der Waals surface area contributed by atoms with Crippen LogP contribution in [0.2, 0.25) is 0 Å². The molecule has 0 atom stereocenters. The molecule has 0 aliphatic heterocycles. The van der Waals surface area contributed by atoms with Crippen LogP contribution in [0.25, 0.3) is 11.4 Å². The maximum absolute atomic E-state index is 13.2. The molecule has 10 nitrogen and oxygen atoms in total. The molecular formula is C19H22N8O2S. The predicted molar refractivity (Wildman–Crippen MR) is 111 cm³/mol. The van der Waals surface area contributed by atoms with Gasteiger partial charge in [0.25, 0.3) is 5.56 Å². The number of rotatable bonds is 7. The number of nitrogens with zero attached hydrogens (tertiary/aromatic N) is 8. The first-order valence-corrected chi connectivity index (χ1v) is 10.5. The van der Waals surface area contributed by atoms with Crippen LogP contribution in [0, 0.1) is 12.8 Å². The lowest BCUT2D eigenvalue weighted by molar-refractivity contribution is 0.360. The highest BCUT2D eigenvalue weighted by Gasteiger charge is 2.22. The number of thioether (sulfide) groups is 1. The van der Waals surface area contributed by atoms with E-state index >= 15 is 0 Å². The fraction of sp³-hybridized carbons (Fsp3) is 0.368. The van der Waals surface area contributed by atoms with Crippen LogP contribution >= 0.6 is 11.8 Å². The van der Waals surface area contributed by atoms with Crippen molar-refractivity contribution in [3.05, 3.63) is 58.1 Å². The molecule has 156 valence electrons. The van der Waals surface area contributed by atoms with Crippen molar-refractivity contribution in [1.29, 1.82) is 0 Å². The molecule has 0 spiro atoms. The molecule has 0 fully saturated rings. The number of para-hydroxylation sites is 1. The van der Waals surface area contributed by atoms with Crippen molar-refractivity contribution in [3.8, 4) is 11.4 Å². The summed E-state index contributed by atoms with van der Waals surface area (Å²) >= 11 is 1.35. The van der Waals surface area contributed by atoms with Crippen molar-refractivity contribution in [2.45, 2.75) is 38.1 Å². The monoisotopic (exact) mass is 426 g/mol. The van der Waals surface area contributed by atoms with Gasteiger partial charge in [-0.15, -0.1) is 5.10 Å². The summed E-state index contributed by atoms with van der Waals surface area (Å²) in [5, 5.41) is 16.4. The van der Waals surface area contributed by atoms with Crippen LogP contribution in [0.5, 0.6) is 0 Å². The lowest BCUT2D eigenvalue weighted by atomic mass is 10.1. The second-order valence-corrected chi connectivity index (χ2v) is 8.22. The third-order valence-electron chi connectivity index (χ3n) is 4.60. The van der Waals surface area contributed by atoms with E-state index in [1.54, 1.807) is 9.36 Å². The molecule has 0 bridgehead atoms. The quantitative estimate of drug-likeness (QED) is 0.414. The van der Waals surface area contributed by atoms with Crippen LogP contribution in [-0.2, 0) is 19.2 Å². The minimum atomic E-state index is -0.200. The summed E-state index contributed by atoms with van der Waals surface area (Å²) in [7, 11) is 1.83. The third-order valence-corrected chi connectivity index (χ3v) is 5.52. The molecule has 0 unspecified atom stereocenters. The highest BCUT2D eigenvalue weighted by molar-refractivity contribution is 7.98. The number of hydrogen-bond donors (Lipinski definition) is 0. The Morgan fingerprint density at radius 2 is 1.97 bits per heavy atom. The summed E-state index contributed by atoms with van der Waals surface area (Å²) in [5.41, 5.74) is 1.72. The van der Waals surface area contributed by atoms with Crippen LogP contribution in [0.4, 0.5) is 0 Å². The van der Waals surface area contributed by atoms with Gasteiger partial charge in [0.15, 0.2) is 11.5 Å². The normalized spacial score (nSPS) is 11.5. The van der Waals surface area contributed by atoms with E-state index in [0.29, 0.717) is 34.2 Å². The Morgan fingerprint density at radius 1 is 1.20 bits per heavy atom. The molecule has 11 heteroatoms. The minimum absolute atomic E-state index is 0.200. The molecule has 0 saturated heterocycles. The van der Waals surface area contributed by atoms with E-state index in [1.807, 2.05) is 44.3 Å². The summed E-state index contributed by atoms with van der Waals surface area (Å²) in [6.07, 6.45) is 0.734. The van der Waals surface area contributed by atoms with Gasteiger partial charge in [-0.25, -0.2) is 4.68 Å². The second-order valence-electron chi connectivity index (χ2n) is 7.27. The van der Waals surface area contributed by atoms with Crippen molar-refractivity contribution in [2.24, 2.45) is 13.0 Å². The Labute approximate surface area is 176 Å². The first-order chi connectivity index (χ1) is 14.5. The number of tetrazole rings is 1. The molecule has 4 aromatic rings. The van der Waals surface area contributed by atoms with Crippen LogP contribution in [0.1, 0.15) is 31.3 Å². The van der Waals surface area contributed by atoms with E-state index in [4.69, 9.17) is 4.52 Å². The first-order valence-electron chi connectivity index (χ1n) is 9.52. The first kappa shape index (κ1) is 20.1. The molecule has 0 N–H and O–H groups in total. The van der Waals surface area contributed by atoms with Gasteiger partial charge in [-0.3, -0.25) is 9.48 Å². The fourth-order valence-electron chi connectivity index (χ4n) is 3.12. The Hall–Kier alpha value is -3.21. The highest BCUT2D eigenvalue weighted by atomic mass is 32.2. The van der Waals surface area contributed by atoms with E-state index in [0.717, 1.165) is 17.8 Å². The molecule has 0 aliphatic carbocycles. The SMILES string of the molecule is Cc1c(-n2nnnc2SCc2noc(CC(C)C)n2)c(=O)n(-c2ccccc2)n1C. The van der Waals surface area contributed by atoms with Gasteiger partial charge in [0.05, 0.1) is 17.1 Å². The summed E-state index contributed by atoms with van der Waals surface area (Å²) in [6, 6.07) is 9.45. The van der Waals surface area contributed by atoms with Crippen molar-refractivity contribution in [1.82, 2.24) is 39.7 Å². The van der Waals surface area contributed by atoms with Gasteiger partial charge in [0.2, 0.25) is 11.0 Å². The largest absolute Gasteiger partial charge is 0.339 e. The molecular weight excluding hydrogens is 404 g/mol. The summed E-state index contributed by atoms with van der Waals surface area (Å²) < 4.78 is 10.1. The number of aromatic nitrogens is 8. The summed E-state index contributed by atoms with van der Waals surface area (Å²) in [4.78, 5) is 17.6. The van der Waals surface area contributed by atoms with E-state index < -0.39 is 0 Å². The van der Waals surface area contributed by atoms with Crippen LogP contribution in [0.3, 0.4) is 0 Å². The van der Waals surface area contributed by atoms with Gasteiger partial charge < -0.3 is 4.52 Å². The second kappa shape index (κ2) is 8.27. The number of benzene rings is 1. The molecule has 0 amide bonds.